The lowest BCUT2D eigenvalue weighted by Crippen LogP contribution is -2.46. The largest absolute Gasteiger partial charge is 0.388 e. The molecule has 0 aromatic heterocycles. The summed E-state index contributed by atoms with van der Waals surface area (Å²) in [5.74, 6) is 0.696. The third kappa shape index (κ3) is 1.76. The molecule has 0 unspecified atom stereocenters. The van der Waals surface area contributed by atoms with Gasteiger partial charge in [-0.15, -0.1) is 0 Å². The molecule has 1 fully saturated rings. The maximum absolute atomic E-state index is 10.5. The first-order chi connectivity index (χ1) is 7.59. The number of rotatable bonds is 3. The van der Waals surface area contributed by atoms with E-state index >= 15 is 0 Å². The van der Waals surface area contributed by atoms with Gasteiger partial charge in [-0.05, 0) is 36.8 Å². The highest BCUT2D eigenvalue weighted by Crippen LogP contribution is 2.52. The van der Waals surface area contributed by atoms with Crippen molar-refractivity contribution < 1.29 is 5.11 Å². The summed E-state index contributed by atoms with van der Waals surface area (Å²) in [6.07, 6.45) is 1.67. The molecule has 1 aliphatic carbocycles. The van der Waals surface area contributed by atoms with Gasteiger partial charge in [-0.25, -0.2) is 0 Å². The standard InChI is InChI=1S/C14H21NO/c1-10-7-14(8-10,9-15)13(16)12-6-4-3-5-11(12)2/h3-6,10,13,16H,7-9,15H2,1-2H3/t10?,13-,14?/m0/s1. The maximum Gasteiger partial charge on any atom is 0.0861 e. The summed E-state index contributed by atoms with van der Waals surface area (Å²) in [6, 6.07) is 8.05. The number of benzene rings is 1. The fourth-order valence-corrected chi connectivity index (χ4v) is 3.05. The zero-order valence-corrected chi connectivity index (χ0v) is 10.1. The fourth-order valence-electron chi connectivity index (χ4n) is 3.05. The first kappa shape index (κ1) is 11.6. The molecule has 2 rings (SSSR count). The third-order valence-corrected chi connectivity index (χ3v) is 3.98. The molecule has 0 saturated heterocycles. The molecule has 0 amide bonds. The van der Waals surface area contributed by atoms with Crippen LogP contribution in [0.4, 0.5) is 0 Å². The monoisotopic (exact) mass is 219 g/mol. The van der Waals surface area contributed by atoms with Gasteiger partial charge in [0.2, 0.25) is 0 Å². The molecule has 0 aliphatic heterocycles. The van der Waals surface area contributed by atoms with E-state index in [4.69, 9.17) is 5.73 Å². The Kier molecular flexibility index (Phi) is 3.04. The molecule has 2 nitrogen and oxygen atoms in total. The van der Waals surface area contributed by atoms with Crippen LogP contribution in [0, 0.1) is 18.3 Å². The van der Waals surface area contributed by atoms with Crippen LogP contribution in [0.5, 0.6) is 0 Å². The van der Waals surface area contributed by atoms with E-state index < -0.39 is 6.10 Å². The van der Waals surface area contributed by atoms with Crippen molar-refractivity contribution in [2.45, 2.75) is 32.8 Å². The molecule has 1 aromatic rings. The minimum Gasteiger partial charge on any atom is -0.388 e. The summed E-state index contributed by atoms with van der Waals surface area (Å²) >= 11 is 0. The molecule has 1 aliphatic rings. The van der Waals surface area contributed by atoms with Crippen molar-refractivity contribution >= 4 is 0 Å². The summed E-state index contributed by atoms with van der Waals surface area (Å²) in [5.41, 5.74) is 7.98. The molecule has 0 spiro atoms. The van der Waals surface area contributed by atoms with Gasteiger partial charge in [-0.3, -0.25) is 0 Å². The second-order valence-corrected chi connectivity index (χ2v) is 5.34. The van der Waals surface area contributed by atoms with Crippen LogP contribution in [-0.4, -0.2) is 11.7 Å². The summed E-state index contributed by atoms with van der Waals surface area (Å²) in [7, 11) is 0. The Morgan fingerprint density at radius 2 is 2.06 bits per heavy atom. The van der Waals surface area contributed by atoms with Crippen molar-refractivity contribution in [3.05, 3.63) is 35.4 Å². The molecule has 3 N–H and O–H groups in total. The average molecular weight is 219 g/mol. The number of aliphatic hydroxyl groups excluding tert-OH is 1. The molecule has 0 bridgehead atoms. The minimum atomic E-state index is -0.408. The van der Waals surface area contributed by atoms with E-state index in [1.807, 2.05) is 31.2 Å². The first-order valence-electron chi connectivity index (χ1n) is 6.03. The predicted octanol–water partition coefficient (Wildman–Crippen LogP) is 2.40. The van der Waals surface area contributed by atoms with Crippen molar-refractivity contribution in [3.63, 3.8) is 0 Å². The number of aryl methyl sites for hydroxylation is 1. The van der Waals surface area contributed by atoms with E-state index in [0.29, 0.717) is 12.5 Å². The number of nitrogens with two attached hydrogens (primary N) is 1. The van der Waals surface area contributed by atoms with Crippen molar-refractivity contribution in [3.8, 4) is 0 Å². The van der Waals surface area contributed by atoms with Crippen LogP contribution in [0.3, 0.4) is 0 Å². The number of aliphatic hydroxyl groups is 1. The molecule has 0 heterocycles. The van der Waals surface area contributed by atoms with E-state index in [1.165, 1.54) is 0 Å². The van der Waals surface area contributed by atoms with E-state index in [0.717, 1.165) is 24.0 Å². The first-order valence-corrected chi connectivity index (χ1v) is 6.03. The van der Waals surface area contributed by atoms with Gasteiger partial charge in [-0.1, -0.05) is 31.2 Å². The Morgan fingerprint density at radius 3 is 2.56 bits per heavy atom. The Bertz CT molecular complexity index is 369. The zero-order valence-electron chi connectivity index (χ0n) is 10.1. The van der Waals surface area contributed by atoms with Gasteiger partial charge in [0, 0.05) is 12.0 Å². The highest BCUT2D eigenvalue weighted by atomic mass is 16.3. The van der Waals surface area contributed by atoms with Crippen LogP contribution >= 0.6 is 0 Å². The molecule has 1 saturated carbocycles. The summed E-state index contributed by atoms with van der Waals surface area (Å²) in [4.78, 5) is 0. The molecule has 16 heavy (non-hydrogen) atoms. The van der Waals surface area contributed by atoms with Crippen LogP contribution in [0.25, 0.3) is 0 Å². The molecular formula is C14H21NO. The van der Waals surface area contributed by atoms with Crippen LogP contribution in [0.1, 0.15) is 37.0 Å². The Balaban J connectivity index is 2.25. The molecular weight excluding hydrogens is 198 g/mol. The summed E-state index contributed by atoms with van der Waals surface area (Å²) in [5, 5.41) is 10.5. The average Bonchev–Trinajstić information content (AvgIpc) is 2.24. The van der Waals surface area contributed by atoms with Gasteiger partial charge >= 0.3 is 0 Å². The highest BCUT2D eigenvalue weighted by molar-refractivity contribution is 5.30. The van der Waals surface area contributed by atoms with Crippen molar-refractivity contribution in [1.29, 1.82) is 0 Å². The fraction of sp³-hybridized carbons (Fsp3) is 0.571. The summed E-state index contributed by atoms with van der Waals surface area (Å²) < 4.78 is 0. The van der Waals surface area contributed by atoms with Gasteiger partial charge in [0.05, 0.1) is 6.10 Å². The lowest BCUT2D eigenvalue weighted by molar-refractivity contribution is -0.0605. The van der Waals surface area contributed by atoms with Gasteiger partial charge < -0.3 is 10.8 Å². The topological polar surface area (TPSA) is 46.2 Å². The Hall–Kier alpha value is -0.860. The quantitative estimate of drug-likeness (QED) is 0.820. The lowest BCUT2D eigenvalue weighted by atomic mass is 9.58. The van der Waals surface area contributed by atoms with Crippen molar-refractivity contribution in [2.24, 2.45) is 17.1 Å². The highest BCUT2D eigenvalue weighted by Gasteiger charge is 2.47. The second-order valence-electron chi connectivity index (χ2n) is 5.34. The van der Waals surface area contributed by atoms with Crippen LogP contribution < -0.4 is 5.73 Å². The number of hydrogen-bond donors (Lipinski definition) is 2. The van der Waals surface area contributed by atoms with Crippen LogP contribution in [0.15, 0.2) is 24.3 Å². The van der Waals surface area contributed by atoms with Gasteiger partial charge in [0.25, 0.3) is 0 Å². The molecule has 2 heteroatoms. The van der Waals surface area contributed by atoms with E-state index in [1.54, 1.807) is 0 Å². The van der Waals surface area contributed by atoms with E-state index in [9.17, 15) is 5.11 Å². The lowest BCUT2D eigenvalue weighted by Gasteiger charge is -2.49. The predicted molar refractivity (Wildman–Crippen MR) is 66.0 cm³/mol. The number of hydrogen-bond acceptors (Lipinski definition) is 2. The van der Waals surface area contributed by atoms with E-state index in [-0.39, 0.29) is 5.41 Å². The van der Waals surface area contributed by atoms with Crippen LogP contribution in [-0.2, 0) is 0 Å². The van der Waals surface area contributed by atoms with Gasteiger partial charge in [-0.2, -0.15) is 0 Å². The van der Waals surface area contributed by atoms with E-state index in [2.05, 4.69) is 6.92 Å². The van der Waals surface area contributed by atoms with Gasteiger partial charge in [0.1, 0.15) is 0 Å². The third-order valence-electron chi connectivity index (χ3n) is 3.98. The van der Waals surface area contributed by atoms with Crippen molar-refractivity contribution in [1.82, 2.24) is 0 Å². The molecule has 88 valence electrons. The van der Waals surface area contributed by atoms with Crippen molar-refractivity contribution in [2.75, 3.05) is 6.54 Å². The SMILES string of the molecule is Cc1ccccc1[C@H](O)C1(CN)CC(C)C1. The maximum atomic E-state index is 10.5. The minimum absolute atomic E-state index is 0.0778. The molecule has 0 radical (unpaired) electrons. The Labute approximate surface area is 97.5 Å². The summed E-state index contributed by atoms with van der Waals surface area (Å²) in [6.45, 7) is 4.84. The van der Waals surface area contributed by atoms with Gasteiger partial charge in [0.15, 0.2) is 0 Å². The molecule has 1 atom stereocenters. The molecule has 1 aromatic carbocycles. The second kappa shape index (κ2) is 4.19. The normalized spacial score (nSPS) is 30.9. The zero-order chi connectivity index (χ0) is 11.8. The smallest absolute Gasteiger partial charge is 0.0861 e. The Morgan fingerprint density at radius 1 is 1.44 bits per heavy atom. The van der Waals surface area contributed by atoms with Crippen LogP contribution in [0.2, 0.25) is 0 Å².